The summed E-state index contributed by atoms with van der Waals surface area (Å²) in [7, 11) is 0. The van der Waals surface area contributed by atoms with E-state index in [2.05, 4.69) is 0 Å². The fourth-order valence-electron chi connectivity index (χ4n) is 2.93. The van der Waals surface area contributed by atoms with Crippen molar-refractivity contribution in [1.82, 2.24) is 0 Å². The standard InChI is InChI=1S/C14H13NO5/c16-9-7-10(12-3-1-5-19-12)14(15(17)18)11(8-9)13-4-2-6-20-13/h1-6,10-11,14H,7-8H2. The minimum absolute atomic E-state index is 0.00843. The van der Waals surface area contributed by atoms with Crippen LogP contribution >= 0.6 is 0 Å². The monoisotopic (exact) mass is 275 g/mol. The van der Waals surface area contributed by atoms with Gasteiger partial charge in [0.15, 0.2) is 0 Å². The maximum absolute atomic E-state index is 11.9. The number of furan rings is 2. The highest BCUT2D eigenvalue weighted by molar-refractivity contribution is 5.81. The van der Waals surface area contributed by atoms with Crippen molar-refractivity contribution < 1.29 is 18.6 Å². The number of hydrogen-bond donors (Lipinski definition) is 0. The second-order valence-corrected chi connectivity index (χ2v) is 4.97. The van der Waals surface area contributed by atoms with Crippen molar-refractivity contribution in [3.05, 3.63) is 58.4 Å². The zero-order chi connectivity index (χ0) is 14.1. The van der Waals surface area contributed by atoms with Gasteiger partial charge >= 0.3 is 0 Å². The van der Waals surface area contributed by atoms with Gasteiger partial charge in [-0.25, -0.2) is 0 Å². The molecule has 1 fully saturated rings. The highest BCUT2D eigenvalue weighted by Gasteiger charge is 2.48. The van der Waals surface area contributed by atoms with Crippen LogP contribution in [0.4, 0.5) is 0 Å². The van der Waals surface area contributed by atoms with Crippen LogP contribution in [0.5, 0.6) is 0 Å². The molecule has 0 N–H and O–H groups in total. The van der Waals surface area contributed by atoms with Gasteiger partial charge in [-0.15, -0.1) is 0 Å². The first-order valence-corrected chi connectivity index (χ1v) is 6.39. The molecule has 3 rings (SSSR count). The molecule has 1 aliphatic rings. The first-order valence-electron chi connectivity index (χ1n) is 6.39. The van der Waals surface area contributed by atoms with Crippen molar-refractivity contribution in [2.75, 3.05) is 0 Å². The van der Waals surface area contributed by atoms with Gasteiger partial charge in [-0.2, -0.15) is 0 Å². The van der Waals surface area contributed by atoms with E-state index in [-0.39, 0.29) is 23.5 Å². The van der Waals surface area contributed by atoms with Crippen molar-refractivity contribution in [2.24, 2.45) is 0 Å². The Labute approximate surface area is 114 Å². The van der Waals surface area contributed by atoms with Crippen LogP contribution in [-0.4, -0.2) is 16.7 Å². The summed E-state index contributed by atoms with van der Waals surface area (Å²) < 4.78 is 10.6. The van der Waals surface area contributed by atoms with Crippen molar-refractivity contribution in [3.63, 3.8) is 0 Å². The van der Waals surface area contributed by atoms with E-state index in [1.807, 2.05) is 0 Å². The van der Waals surface area contributed by atoms with E-state index in [1.165, 1.54) is 12.5 Å². The molecule has 2 atom stereocenters. The van der Waals surface area contributed by atoms with E-state index in [4.69, 9.17) is 8.83 Å². The molecule has 0 saturated heterocycles. The largest absolute Gasteiger partial charge is 0.469 e. The second kappa shape index (κ2) is 4.96. The first-order chi connectivity index (χ1) is 9.66. The average Bonchev–Trinajstić information content (AvgIpc) is 3.11. The van der Waals surface area contributed by atoms with Gasteiger partial charge in [0, 0.05) is 17.8 Å². The van der Waals surface area contributed by atoms with E-state index in [1.54, 1.807) is 24.3 Å². The molecule has 0 bridgehead atoms. The molecule has 2 aromatic rings. The van der Waals surface area contributed by atoms with Gasteiger partial charge in [-0.1, -0.05) is 0 Å². The summed E-state index contributed by atoms with van der Waals surface area (Å²) in [6.45, 7) is 0. The van der Waals surface area contributed by atoms with E-state index >= 15 is 0 Å². The third-order valence-electron chi connectivity index (χ3n) is 3.78. The van der Waals surface area contributed by atoms with Gasteiger partial charge in [0.1, 0.15) is 17.3 Å². The van der Waals surface area contributed by atoms with Crippen molar-refractivity contribution in [2.45, 2.75) is 30.7 Å². The molecule has 20 heavy (non-hydrogen) atoms. The van der Waals surface area contributed by atoms with Gasteiger partial charge in [0.25, 0.3) is 0 Å². The molecule has 0 amide bonds. The summed E-state index contributed by atoms with van der Waals surface area (Å²) in [6.07, 6.45) is 3.20. The van der Waals surface area contributed by atoms with Crippen LogP contribution in [0.15, 0.2) is 45.6 Å². The molecule has 1 aliphatic carbocycles. The fraction of sp³-hybridized carbons (Fsp3) is 0.357. The van der Waals surface area contributed by atoms with Crippen LogP contribution in [0.2, 0.25) is 0 Å². The molecule has 6 heteroatoms. The summed E-state index contributed by atoms with van der Waals surface area (Å²) in [5.41, 5.74) is 0. The predicted octanol–water partition coefficient (Wildman–Crippen LogP) is 2.75. The minimum atomic E-state index is -0.912. The summed E-state index contributed by atoms with van der Waals surface area (Å²) in [4.78, 5) is 23.1. The maximum atomic E-state index is 11.9. The number of hydrogen-bond acceptors (Lipinski definition) is 5. The van der Waals surface area contributed by atoms with Gasteiger partial charge < -0.3 is 8.83 Å². The third-order valence-corrected chi connectivity index (χ3v) is 3.78. The molecule has 2 aromatic heterocycles. The lowest BCUT2D eigenvalue weighted by molar-refractivity contribution is -0.533. The summed E-state index contributed by atoms with van der Waals surface area (Å²) >= 11 is 0. The number of carbonyl (C=O) groups is 1. The molecule has 0 spiro atoms. The quantitative estimate of drug-likeness (QED) is 0.635. The molecule has 0 aromatic carbocycles. The van der Waals surface area contributed by atoms with Crippen LogP contribution in [-0.2, 0) is 4.79 Å². The fourth-order valence-corrected chi connectivity index (χ4v) is 2.93. The third kappa shape index (κ3) is 2.13. The molecule has 0 aliphatic heterocycles. The number of rotatable bonds is 3. The molecule has 1 saturated carbocycles. The Balaban J connectivity index is 2.01. The SMILES string of the molecule is O=C1CC(c2ccco2)C([N+](=O)[O-])C(c2ccco2)C1. The topological polar surface area (TPSA) is 86.5 Å². The molecule has 6 nitrogen and oxygen atoms in total. The normalized spacial score (nSPS) is 26.6. The molecular formula is C14H13NO5. The van der Waals surface area contributed by atoms with Gasteiger partial charge in [-0.3, -0.25) is 14.9 Å². The smallest absolute Gasteiger partial charge is 0.233 e. The molecule has 0 radical (unpaired) electrons. The summed E-state index contributed by atoms with van der Waals surface area (Å²) in [6, 6.07) is 5.79. The highest BCUT2D eigenvalue weighted by atomic mass is 16.6. The zero-order valence-electron chi connectivity index (χ0n) is 10.6. The van der Waals surface area contributed by atoms with E-state index in [9.17, 15) is 14.9 Å². The van der Waals surface area contributed by atoms with Crippen LogP contribution in [0.3, 0.4) is 0 Å². The van der Waals surface area contributed by atoms with Crippen molar-refractivity contribution >= 4 is 5.78 Å². The lowest BCUT2D eigenvalue weighted by atomic mass is 9.74. The Morgan fingerprint density at radius 2 is 1.55 bits per heavy atom. The Bertz CT molecular complexity index is 555. The van der Waals surface area contributed by atoms with Crippen LogP contribution in [0.25, 0.3) is 0 Å². The van der Waals surface area contributed by atoms with Gasteiger partial charge in [0.05, 0.1) is 24.4 Å². The molecular weight excluding hydrogens is 262 g/mol. The highest BCUT2D eigenvalue weighted by Crippen LogP contribution is 2.41. The lowest BCUT2D eigenvalue weighted by Crippen LogP contribution is -2.40. The van der Waals surface area contributed by atoms with Crippen LogP contribution < -0.4 is 0 Å². The van der Waals surface area contributed by atoms with Crippen LogP contribution in [0, 0.1) is 10.1 Å². The number of nitrogens with zero attached hydrogens (tertiary/aromatic N) is 1. The molecule has 2 unspecified atom stereocenters. The van der Waals surface area contributed by atoms with E-state index in [0.29, 0.717) is 11.5 Å². The Hall–Kier alpha value is -2.37. The Kier molecular flexibility index (Phi) is 3.14. The van der Waals surface area contributed by atoms with Crippen LogP contribution in [0.1, 0.15) is 36.2 Å². The molecule has 2 heterocycles. The predicted molar refractivity (Wildman–Crippen MR) is 67.9 cm³/mol. The Morgan fingerprint density at radius 3 is 1.90 bits per heavy atom. The summed E-state index contributed by atoms with van der Waals surface area (Å²) in [5.74, 6) is -0.133. The van der Waals surface area contributed by atoms with Gasteiger partial charge in [-0.05, 0) is 24.3 Å². The Morgan fingerprint density at radius 1 is 1.05 bits per heavy atom. The maximum Gasteiger partial charge on any atom is 0.233 e. The van der Waals surface area contributed by atoms with Gasteiger partial charge in [0.2, 0.25) is 6.04 Å². The van der Waals surface area contributed by atoms with Crippen molar-refractivity contribution in [3.8, 4) is 0 Å². The first kappa shape index (κ1) is 12.7. The number of carbonyl (C=O) groups excluding carboxylic acids is 1. The second-order valence-electron chi connectivity index (χ2n) is 4.97. The zero-order valence-corrected chi connectivity index (χ0v) is 10.6. The van der Waals surface area contributed by atoms with E-state index < -0.39 is 17.9 Å². The lowest BCUT2D eigenvalue weighted by Gasteiger charge is -2.29. The molecule has 104 valence electrons. The number of Topliss-reactive ketones (excluding diaryl/α,β-unsaturated/α-hetero) is 1. The minimum Gasteiger partial charge on any atom is -0.469 e. The van der Waals surface area contributed by atoms with Crippen molar-refractivity contribution in [1.29, 1.82) is 0 Å². The number of ketones is 1. The van der Waals surface area contributed by atoms with E-state index in [0.717, 1.165) is 0 Å². The number of nitro groups is 1. The average molecular weight is 275 g/mol. The summed E-state index contributed by atoms with van der Waals surface area (Å²) in [5, 5.41) is 11.5.